The molecule has 4 heteroatoms. The second kappa shape index (κ2) is 6.78. The van der Waals surface area contributed by atoms with Gasteiger partial charge in [0.25, 0.3) is 0 Å². The van der Waals surface area contributed by atoms with Crippen LogP contribution in [0.5, 0.6) is 5.75 Å². The molecular formula is C15H18BrNO2. The molecule has 0 radical (unpaired) electrons. The molecule has 2 aromatic rings. The van der Waals surface area contributed by atoms with Crippen LogP contribution in [0.2, 0.25) is 0 Å². The molecule has 1 heterocycles. The van der Waals surface area contributed by atoms with Crippen molar-refractivity contribution < 1.29 is 9.84 Å². The SMILES string of the molecule is CCC(O)c1ccn(CCOc2ccc(Br)cc2)c1. The lowest BCUT2D eigenvalue weighted by molar-refractivity contribution is 0.173. The summed E-state index contributed by atoms with van der Waals surface area (Å²) in [4.78, 5) is 0. The summed E-state index contributed by atoms with van der Waals surface area (Å²) in [5.41, 5.74) is 0.964. The lowest BCUT2D eigenvalue weighted by atomic mass is 10.1. The quantitative estimate of drug-likeness (QED) is 0.878. The van der Waals surface area contributed by atoms with Gasteiger partial charge in [0.15, 0.2) is 0 Å². The van der Waals surface area contributed by atoms with Gasteiger partial charge in [-0.1, -0.05) is 22.9 Å². The maximum atomic E-state index is 9.72. The van der Waals surface area contributed by atoms with Gasteiger partial charge in [-0.3, -0.25) is 0 Å². The molecule has 1 atom stereocenters. The first-order valence-corrected chi connectivity index (χ1v) is 7.20. The number of hydrogen-bond acceptors (Lipinski definition) is 2. The van der Waals surface area contributed by atoms with E-state index in [9.17, 15) is 5.11 Å². The number of nitrogens with zero attached hydrogens (tertiary/aromatic N) is 1. The van der Waals surface area contributed by atoms with Crippen molar-refractivity contribution in [2.75, 3.05) is 6.61 Å². The molecule has 0 saturated carbocycles. The van der Waals surface area contributed by atoms with Crippen LogP contribution in [0, 0.1) is 0 Å². The van der Waals surface area contributed by atoms with Gasteiger partial charge in [0.2, 0.25) is 0 Å². The minimum Gasteiger partial charge on any atom is -0.492 e. The Bertz CT molecular complexity index is 507. The van der Waals surface area contributed by atoms with E-state index in [-0.39, 0.29) is 6.10 Å². The summed E-state index contributed by atoms with van der Waals surface area (Å²) in [6, 6.07) is 9.74. The lowest BCUT2D eigenvalue weighted by Crippen LogP contribution is -2.06. The van der Waals surface area contributed by atoms with Crippen LogP contribution in [0.4, 0.5) is 0 Å². The van der Waals surface area contributed by atoms with Crippen molar-refractivity contribution in [1.29, 1.82) is 0 Å². The smallest absolute Gasteiger partial charge is 0.119 e. The molecule has 0 bridgehead atoms. The van der Waals surface area contributed by atoms with Crippen molar-refractivity contribution in [2.45, 2.75) is 26.0 Å². The van der Waals surface area contributed by atoms with Crippen LogP contribution >= 0.6 is 15.9 Å². The summed E-state index contributed by atoms with van der Waals surface area (Å²) in [7, 11) is 0. The second-order valence-electron chi connectivity index (χ2n) is 4.41. The van der Waals surface area contributed by atoms with Crippen LogP contribution in [0.15, 0.2) is 47.2 Å². The van der Waals surface area contributed by atoms with Crippen molar-refractivity contribution in [3.8, 4) is 5.75 Å². The molecule has 1 unspecified atom stereocenters. The maximum absolute atomic E-state index is 9.72. The fraction of sp³-hybridized carbons (Fsp3) is 0.333. The van der Waals surface area contributed by atoms with E-state index in [0.29, 0.717) is 6.61 Å². The lowest BCUT2D eigenvalue weighted by Gasteiger charge is -2.07. The average Bonchev–Trinajstić information content (AvgIpc) is 2.89. The van der Waals surface area contributed by atoms with Gasteiger partial charge in [-0.15, -0.1) is 0 Å². The van der Waals surface area contributed by atoms with E-state index < -0.39 is 0 Å². The highest BCUT2D eigenvalue weighted by atomic mass is 79.9. The molecule has 1 aromatic carbocycles. The maximum Gasteiger partial charge on any atom is 0.119 e. The van der Waals surface area contributed by atoms with E-state index in [1.807, 2.05) is 54.2 Å². The molecular weight excluding hydrogens is 306 g/mol. The predicted molar refractivity (Wildman–Crippen MR) is 79.3 cm³/mol. The van der Waals surface area contributed by atoms with Gasteiger partial charge in [0, 0.05) is 16.9 Å². The number of aromatic nitrogens is 1. The van der Waals surface area contributed by atoms with E-state index in [1.165, 1.54) is 0 Å². The number of aliphatic hydroxyl groups excluding tert-OH is 1. The zero-order valence-electron chi connectivity index (χ0n) is 10.9. The molecule has 1 aromatic heterocycles. The number of rotatable bonds is 6. The highest BCUT2D eigenvalue weighted by molar-refractivity contribution is 9.10. The van der Waals surface area contributed by atoms with E-state index in [0.717, 1.165) is 28.8 Å². The number of ether oxygens (including phenoxy) is 1. The fourth-order valence-corrected chi connectivity index (χ4v) is 2.10. The third-order valence-corrected chi connectivity index (χ3v) is 3.51. The molecule has 1 N–H and O–H groups in total. The molecule has 3 nitrogen and oxygen atoms in total. The normalized spacial score (nSPS) is 12.4. The Labute approximate surface area is 122 Å². The molecule has 0 amide bonds. The summed E-state index contributed by atoms with van der Waals surface area (Å²) in [6.07, 6.45) is 4.31. The Hall–Kier alpha value is -1.26. The summed E-state index contributed by atoms with van der Waals surface area (Å²) in [5.74, 6) is 0.865. The minimum atomic E-state index is -0.367. The van der Waals surface area contributed by atoms with E-state index in [2.05, 4.69) is 15.9 Å². The van der Waals surface area contributed by atoms with Gasteiger partial charge >= 0.3 is 0 Å². The molecule has 19 heavy (non-hydrogen) atoms. The number of aliphatic hydroxyl groups is 1. The van der Waals surface area contributed by atoms with Gasteiger partial charge in [-0.2, -0.15) is 0 Å². The first-order valence-electron chi connectivity index (χ1n) is 6.41. The van der Waals surface area contributed by atoms with Crippen molar-refractivity contribution in [3.63, 3.8) is 0 Å². The Kier molecular flexibility index (Phi) is 5.05. The van der Waals surface area contributed by atoms with Crippen LogP contribution in [-0.4, -0.2) is 16.3 Å². The van der Waals surface area contributed by atoms with Crippen LogP contribution in [0.3, 0.4) is 0 Å². The summed E-state index contributed by atoms with van der Waals surface area (Å²) in [6.45, 7) is 3.35. The second-order valence-corrected chi connectivity index (χ2v) is 5.32. The molecule has 102 valence electrons. The zero-order valence-corrected chi connectivity index (χ0v) is 12.5. The summed E-state index contributed by atoms with van der Waals surface area (Å²) >= 11 is 3.39. The Balaban J connectivity index is 1.82. The first-order chi connectivity index (χ1) is 9.19. The number of hydrogen-bond donors (Lipinski definition) is 1. The number of halogens is 1. The number of benzene rings is 1. The van der Waals surface area contributed by atoms with Crippen LogP contribution < -0.4 is 4.74 Å². The predicted octanol–water partition coefficient (Wildman–Crippen LogP) is 3.77. The summed E-state index contributed by atoms with van der Waals surface area (Å²) < 4.78 is 8.74. The minimum absolute atomic E-state index is 0.367. The Morgan fingerprint density at radius 2 is 2.00 bits per heavy atom. The van der Waals surface area contributed by atoms with Gasteiger partial charge in [-0.25, -0.2) is 0 Å². The third-order valence-electron chi connectivity index (χ3n) is 2.98. The van der Waals surface area contributed by atoms with Crippen LogP contribution in [0.25, 0.3) is 0 Å². The molecule has 2 rings (SSSR count). The van der Waals surface area contributed by atoms with Crippen molar-refractivity contribution >= 4 is 15.9 Å². The molecule has 0 saturated heterocycles. The summed E-state index contributed by atoms with van der Waals surface area (Å²) in [5, 5.41) is 9.72. The van der Waals surface area contributed by atoms with E-state index >= 15 is 0 Å². The third kappa shape index (κ3) is 4.11. The average molecular weight is 324 g/mol. The van der Waals surface area contributed by atoms with Gasteiger partial charge in [0.05, 0.1) is 12.6 Å². The zero-order chi connectivity index (χ0) is 13.7. The Morgan fingerprint density at radius 3 is 2.68 bits per heavy atom. The topological polar surface area (TPSA) is 34.4 Å². The van der Waals surface area contributed by atoms with E-state index in [1.54, 1.807) is 0 Å². The first kappa shape index (κ1) is 14.2. The monoisotopic (exact) mass is 323 g/mol. The van der Waals surface area contributed by atoms with Crippen LogP contribution in [0.1, 0.15) is 25.0 Å². The molecule has 0 fully saturated rings. The molecule has 0 aliphatic heterocycles. The fourth-order valence-electron chi connectivity index (χ4n) is 1.83. The van der Waals surface area contributed by atoms with Gasteiger partial charge < -0.3 is 14.4 Å². The van der Waals surface area contributed by atoms with Gasteiger partial charge in [0.1, 0.15) is 12.4 Å². The molecule has 0 aliphatic rings. The van der Waals surface area contributed by atoms with Crippen molar-refractivity contribution in [1.82, 2.24) is 4.57 Å². The highest BCUT2D eigenvalue weighted by Gasteiger charge is 2.06. The van der Waals surface area contributed by atoms with Crippen molar-refractivity contribution in [3.05, 3.63) is 52.8 Å². The van der Waals surface area contributed by atoms with Crippen LogP contribution in [-0.2, 0) is 6.54 Å². The molecule has 0 spiro atoms. The largest absolute Gasteiger partial charge is 0.492 e. The van der Waals surface area contributed by atoms with Gasteiger partial charge in [-0.05, 0) is 42.3 Å². The molecule has 0 aliphatic carbocycles. The Morgan fingerprint density at radius 1 is 1.26 bits per heavy atom. The standard InChI is InChI=1S/C15H18BrNO2/c1-2-15(18)12-7-8-17(11-12)9-10-19-14-5-3-13(16)4-6-14/h3-8,11,15,18H,2,9-10H2,1H3. The highest BCUT2D eigenvalue weighted by Crippen LogP contribution is 2.17. The van der Waals surface area contributed by atoms with Crippen molar-refractivity contribution in [2.24, 2.45) is 0 Å². The van der Waals surface area contributed by atoms with E-state index in [4.69, 9.17) is 4.74 Å².